The summed E-state index contributed by atoms with van der Waals surface area (Å²) < 4.78 is 10.7. The number of amides is 1. The molecular weight excluding hydrogens is 304 g/mol. The van der Waals surface area contributed by atoms with Crippen LogP contribution in [0, 0.1) is 11.8 Å². The Morgan fingerprint density at radius 1 is 1.12 bits per heavy atom. The fourth-order valence-corrected chi connectivity index (χ4v) is 3.50. The van der Waals surface area contributed by atoms with E-state index in [-0.39, 0.29) is 6.09 Å². The normalized spacial score (nSPS) is 19.0. The Kier molecular flexibility index (Phi) is 7.35. The Hall–Kier alpha value is -0.810. The molecule has 0 radical (unpaired) electrons. The van der Waals surface area contributed by atoms with E-state index in [9.17, 15) is 4.79 Å². The first-order chi connectivity index (χ1) is 11.4. The molecule has 2 fully saturated rings. The van der Waals surface area contributed by atoms with Crippen molar-refractivity contribution in [3.63, 3.8) is 0 Å². The number of carbonyl (C=O) groups is 1. The zero-order chi connectivity index (χ0) is 17.6. The van der Waals surface area contributed by atoms with Gasteiger partial charge in [0.2, 0.25) is 0 Å². The number of hydrogen-bond donors (Lipinski definition) is 1. The predicted molar refractivity (Wildman–Crippen MR) is 96.2 cm³/mol. The van der Waals surface area contributed by atoms with Crippen molar-refractivity contribution in [2.75, 3.05) is 33.4 Å². The monoisotopic (exact) mass is 340 g/mol. The van der Waals surface area contributed by atoms with Crippen molar-refractivity contribution >= 4 is 6.09 Å². The summed E-state index contributed by atoms with van der Waals surface area (Å²) in [6.07, 6.45) is 7.99. The van der Waals surface area contributed by atoms with Gasteiger partial charge in [-0.3, -0.25) is 0 Å². The van der Waals surface area contributed by atoms with Gasteiger partial charge in [0.1, 0.15) is 5.60 Å². The Labute approximate surface area is 147 Å². The molecule has 0 unspecified atom stereocenters. The second-order valence-electron chi connectivity index (χ2n) is 8.32. The average molecular weight is 341 g/mol. The third-order valence-electron chi connectivity index (χ3n) is 5.29. The fraction of sp³-hybridized carbons (Fsp3) is 0.947. The van der Waals surface area contributed by atoms with Gasteiger partial charge >= 0.3 is 6.09 Å². The third-order valence-corrected chi connectivity index (χ3v) is 5.29. The van der Waals surface area contributed by atoms with Crippen molar-refractivity contribution in [2.24, 2.45) is 11.8 Å². The highest BCUT2D eigenvalue weighted by Gasteiger charge is 2.35. The number of nitrogens with one attached hydrogen (secondary N) is 1. The molecule has 1 amide bonds. The first-order valence-corrected chi connectivity index (χ1v) is 9.61. The number of nitrogens with zero attached hydrogens (tertiary/aromatic N) is 1. The van der Waals surface area contributed by atoms with Gasteiger partial charge in [0, 0.05) is 32.8 Å². The maximum absolute atomic E-state index is 12.4. The van der Waals surface area contributed by atoms with E-state index >= 15 is 0 Å². The molecule has 5 nitrogen and oxygen atoms in total. The molecule has 24 heavy (non-hydrogen) atoms. The van der Waals surface area contributed by atoms with Gasteiger partial charge in [0.05, 0.1) is 6.61 Å². The van der Waals surface area contributed by atoms with Gasteiger partial charge in [-0.1, -0.05) is 12.8 Å². The van der Waals surface area contributed by atoms with Crippen LogP contribution < -0.4 is 5.32 Å². The van der Waals surface area contributed by atoms with Crippen molar-refractivity contribution in [2.45, 2.75) is 70.9 Å². The molecule has 0 aromatic rings. The van der Waals surface area contributed by atoms with Crippen LogP contribution in [0.5, 0.6) is 0 Å². The first-order valence-electron chi connectivity index (χ1n) is 9.61. The van der Waals surface area contributed by atoms with Gasteiger partial charge in [0.15, 0.2) is 0 Å². The molecule has 0 bridgehead atoms. The largest absolute Gasteiger partial charge is 0.444 e. The summed E-state index contributed by atoms with van der Waals surface area (Å²) in [6.45, 7) is 8.33. The highest BCUT2D eigenvalue weighted by molar-refractivity contribution is 5.68. The van der Waals surface area contributed by atoms with Crippen LogP contribution in [-0.2, 0) is 9.47 Å². The number of rotatable bonds is 9. The van der Waals surface area contributed by atoms with Crippen LogP contribution in [0.4, 0.5) is 4.79 Å². The summed E-state index contributed by atoms with van der Waals surface area (Å²) in [4.78, 5) is 14.1. The van der Waals surface area contributed by atoms with Crippen LogP contribution >= 0.6 is 0 Å². The maximum Gasteiger partial charge on any atom is 0.410 e. The molecule has 0 aromatic heterocycles. The van der Waals surface area contributed by atoms with Crippen molar-refractivity contribution in [3.05, 3.63) is 0 Å². The average Bonchev–Trinajstić information content (AvgIpc) is 2.36. The lowest BCUT2D eigenvalue weighted by atomic mass is 9.68. The van der Waals surface area contributed by atoms with Crippen molar-refractivity contribution in [1.82, 2.24) is 10.2 Å². The van der Waals surface area contributed by atoms with Crippen molar-refractivity contribution in [3.8, 4) is 0 Å². The molecule has 2 rings (SSSR count). The van der Waals surface area contributed by atoms with E-state index in [1.165, 1.54) is 38.5 Å². The molecular formula is C19H36N2O3. The summed E-state index contributed by atoms with van der Waals surface area (Å²) in [5.41, 5.74) is -0.462. The lowest BCUT2D eigenvalue weighted by molar-refractivity contribution is 0.0196. The second kappa shape index (κ2) is 9.04. The van der Waals surface area contributed by atoms with Crippen LogP contribution in [0.25, 0.3) is 0 Å². The molecule has 5 heteroatoms. The van der Waals surface area contributed by atoms with E-state index < -0.39 is 5.60 Å². The summed E-state index contributed by atoms with van der Waals surface area (Å²) >= 11 is 0. The summed E-state index contributed by atoms with van der Waals surface area (Å²) in [6, 6.07) is 0.649. The Bertz CT molecular complexity index is 373. The minimum absolute atomic E-state index is 0.245. The smallest absolute Gasteiger partial charge is 0.410 e. The van der Waals surface area contributed by atoms with Crippen LogP contribution in [0.3, 0.4) is 0 Å². The zero-order valence-electron chi connectivity index (χ0n) is 16.0. The van der Waals surface area contributed by atoms with E-state index in [1.807, 2.05) is 20.8 Å². The zero-order valence-corrected chi connectivity index (χ0v) is 16.0. The summed E-state index contributed by atoms with van der Waals surface area (Å²) in [5.74, 6) is 1.70. The predicted octanol–water partition coefficient (Wildman–Crippen LogP) is 3.43. The molecule has 2 saturated carbocycles. The van der Waals surface area contributed by atoms with Gasteiger partial charge < -0.3 is 19.7 Å². The highest BCUT2D eigenvalue weighted by atomic mass is 16.6. The van der Waals surface area contributed by atoms with E-state index in [0.717, 1.165) is 18.4 Å². The topological polar surface area (TPSA) is 50.8 Å². The minimum atomic E-state index is -0.462. The molecule has 0 aliphatic heterocycles. The summed E-state index contributed by atoms with van der Waals surface area (Å²) in [7, 11) is 1.66. The van der Waals surface area contributed by atoms with E-state index in [1.54, 1.807) is 12.0 Å². The van der Waals surface area contributed by atoms with E-state index in [0.29, 0.717) is 25.7 Å². The number of methoxy groups -OCH3 is 1. The molecule has 2 aliphatic rings. The van der Waals surface area contributed by atoms with Gasteiger partial charge in [-0.2, -0.15) is 0 Å². The van der Waals surface area contributed by atoms with Crippen LogP contribution in [0.15, 0.2) is 0 Å². The third kappa shape index (κ3) is 5.92. The van der Waals surface area contributed by atoms with E-state index in [2.05, 4.69) is 5.32 Å². The first kappa shape index (κ1) is 19.5. The fourth-order valence-electron chi connectivity index (χ4n) is 3.50. The molecule has 0 saturated heterocycles. The maximum atomic E-state index is 12.4. The lowest BCUT2D eigenvalue weighted by Gasteiger charge is -2.43. The van der Waals surface area contributed by atoms with Gasteiger partial charge in [-0.15, -0.1) is 0 Å². The van der Waals surface area contributed by atoms with E-state index in [4.69, 9.17) is 9.47 Å². The van der Waals surface area contributed by atoms with Gasteiger partial charge in [-0.05, 0) is 58.3 Å². The molecule has 0 spiro atoms. The molecule has 2 aliphatic carbocycles. The molecule has 0 atom stereocenters. The number of carbonyl (C=O) groups excluding carboxylic acids is 1. The minimum Gasteiger partial charge on any atom is -0.444 e. The Balaban J connectivity index is 1.80. The standard InChI is InChI=1S/C19H36N2O3/c1-19(2,3)24-18(22)21(13-14-23-4)12-11-20-17(15-7-5-8-15)16-9-6-10-16/h15-17,20H,5-14H2,1-4H3. The quantitative estimate of drug-likeness (QED) is 0.699. The summed E-state index contributed by atoms with van der Waals surface area (Å²) in [5, 5.41) is 3.76. The Morgan fingerprint density at radius 3 is 2.12 bits per heavy atom. The molecule has 0 aromatic carbocycles. The van der Waals surface area contributed by atoms with Gasteiger partial charge in [0.25, 0.3) is 0 Å². The highest BCUT2D eigenvalue weighted by Crippen LogP contribution is 2.39. The molecule has 0 heterocycles. The van der Waals surface area contributed by atoms with Crippen LogP contribution in [-0.4, -0.2) is 56.0 Å². The molecule has 140 valence electrons. The van der Waals surface area contributed by atoms with Crippen molar-refractivity contribution in [1.29, 1.82) is 0 Å². The van der Waals surface area contributed by atoms with Crippen LogP contribution in [0.2, 0.25) is 0 Å². The number of hydrogen-bond acceptors (Lipinski definition) is 4. The van der Waals surface area contributed by atoms with Gasteiger partial charge in [-0.25, -0.2) is 4.79 Å². The Morgan fingerprint density at radius 2 is 1.71 bits per heavy atom. The second-order valence-corrected chi connectivity index (χ2v) is 8.32. The van der Waals surface area contributed by atoms with Crippen LogP contribution in [0.1, 0.15) is 59.3 Å². The SMILES string of the molecule is COCCN(CCNC(C1CCC1)C1CCC1)C(=O)OC(C)(C)C. The number of ether oxygens (including phenoxy) is 2. The molecule has 1 N–H and O–H groups in total. The van der Waals surface area contributed by atoms with Crippen molar-refractivity contribution < 1.29 is 14.3 Å². The lowest BCUT2D eigenvalue weighted by Crippen LogP contribution is -2.50.